The number of nitrogens with zero attached hydrogens (tertiary/aromatic N) is 2. The number of anilines is 1. The summed E-state index contributed by atoms with van der Waals surface area (Å²) in [5.41, 5.74) is 2.50. The smallest absolute Gasteiger partial charge is 0.257 e. The Morgan fingerprint density at radius 2 is 1.95 bits per heavy atom. The molecule has 0 radical (unpaired) electrons. The molecule has 0 bridgehead atoms. The van der Waals surface area contributed by atoms with E-state index in [1.807, 2.05) is 24.3 Å². The fourth-order valence-electron chi connectivity index (χ4n) is 1.88. The second kappa shape index (κ2) is 5.79. The minimum absolute atomic E-state index is 0.177. The Bertz CT molecular complexity index is 579. The van der Waals surface area contributed by atoms with Gasteiger partial charge in [-0.25, -0.2) is 0 Å². The number of carbonyl (C=O) groups excluding carboxylic acids is 1. The maximum Gasteiger partial charge on any atom is 0.257 e. The van der Waals surface area contributed by atoms with Crippen LogP contribution in [0.5, 0.6) is 0 Å². The summed E-state index contributed by atoms with van der Waals surface area (Å²) in [7, 11) is 0. The van der Waals surface area contributed by atoms with Gasteiger partial charge in [-0.15, -0.1) is 0 Å². The van der Waals surface area contributed by atoms with E-state index in [1.54, 1.807) is 6.07 Å². The monoisotopic (exact) mass is 268 g/mol. The second-order valence-electron chi connectivity index (χ2n) is 4.94. The van der Waals surface area contributed by atoms with Crippen molar-refractivity contribution in [2.75, 3.05) is 5.32 Å². The van der Waals surface area contributed by atoms with E-state index >= 15 is 0 Å². The normalized spacial score (nSPS) is 14.0. The number of nitrogens with one attached hydrogen (secondary N) is 2. The largest absolute Gasteiger partial charge is 0.322 e. The summed E-state index contributed by atoms with van der Waals surface area (Å²) in [5.74, 6) is -0.177. The van der Waals surface area contributed by atoms with Gasteiger partial charge in [0.1, 0.15) is 0 Å². The summed E-state index contributed by atoms with van der Waals surface area (Å²) in [6.07, 6.45) is 5.52. The minimum atomic E-state index is -0.177. The summed E-state index contributed by atoms with van der Waals surface area (Å²) in [6, 6.07) is 10.2. The number of carbonyl (C=O) groups is 1. The van der Waals surface area contributed by atoms with Gasteiger partial charge in [-0.2, -0.15) is 10.2 Å². The van der Waals surface area contributed by atoms with Crippen molar-refractivity contribution in [3.63, 3.8) is 0 Å². The van der Waals surface area contributed by atoms with E-state index in [0.717, 1.165) is 12.2 Å². The Morgan fingerprint density at radius 1 is 1.15 bits per heavy atom. The second-order valence-corrected chi connectivity index (χ2v) is 4.94. The summed E-state index contributed by atoms with van der Waals surface area (Å²) in [5, 5.41) is 13.6. The fraction of sp³-hybridized carbons (Fsp3) is 0.267. The molecule has 1 aliphatic carbocycles. The third-order valence-electron chi connectivity index (χ3n) is 3.23. The van der Waals surface area contributed by atoms with Crippen LogP contribution in [0.3, 0.4) is 0 Å². The molecule has 1 saturated carbocycles. The van der Waals surface area contributed by atoms with Crippen LogP contribution in [0.1, 0.15) is 28.8 Å². The Morgan fingerprint density at radius 3 is 2.60 bits per heavy atom. The number of hydrogen-bond donors (Lipinski definition) is 2. The van der Waals surface area contributed by atoms with Crippen LogP contribution in [0.2, 0.25) is 0 Å². The van der Waals surface area contributed by atoms with E-state index in [4.69, 9.17) is 0 Å². The van der Waals surface area contributed by atoms with Crippen LogP contribution in [0.15, 0.2) is 42.7 Å². The lowest BCUT2D eigenvalue weighted by atomic mass is 10.2. The van der Waals surface area contributed by atoms with Gasteiger partial charge in [0, 0.05) is 18.3 Å². The standard InChI is InChI=1S/C15H16N4O/c20-15(12-7-8-17-18-10-12)19-14-3-1-11(2-4-14)9-16-13-5-6-13/h1-4,7-8,10,13,16H,5-6,9H2,(H,19,20). The van der Waals surface area contributed by atoms with E-state index in [0.29, 0.717) is 11.6 Å². The molecule has 2 N–H and O–H groups in total. The molecule has 5 heteroatoms. The molecule has 1 heterocycles. The number of aromatic nitrogens is 2. The third kappa shape index (κ3) is 3.39. The highest BCUT2D eigenvalue weighted by atomic mass is 16.1. The Hall–Kier alpha value is -2.27. The molecule has 1 aromatic carbocycles. The minimum Gasteiger partial charge on any atom is -0.322 e. The van der Waals surface area contributed by atoms with Gasteiger partial charge < -0.3 is 10.6 Å². The van der Waals surface area contributed by atoms with E-state index < -0.39 is 0 Å². The van der Waals surface area contributed by atoms with Gasteiger partial charge in [0.25, 0.3) is 5.91 Å². The topological polar surface area (TPSA) is 66.9 Å². The predicted octanol–water partition coefficient (Wildman–Crippen LogP) is 1.98. The van der Waals surface area contributed by atoms with Gasteiger partial charge in [-0.05, 0) is 36.6 Å². The lowest BCUT2D eigenvalue weighted by molar-refractivity contribution is 0.102. The highest BCUT2D eigenvalue weighted by Crippen LogP contribution is 2.19. The first-order valence-corrected chi connectivity index (χ1v) is 6.71. The van der Waals surface area contributed by atoms with Crippen LogP contribution in [0.25, 0.3) is 0 Å². The molecule has 1 aliphatic rings. The molecule has 1 aromatic heterocycles. The molecular formula is C15H16N4O. The number of hydrogen-bond acceptors (Lipinski definition) is 4. The molecule has 2 aromatic rings. The molecule has 1 fully saturated rings. The van der Waals surface area contributed by atoms with Crippen molar-refractivity contribution in [1.29, 1.82) is 0 Å². The van der Waals surface area contributed by atoms with Gasteiger partial charge in [0.05, 0.1) is 18.0 Å². The van der Waals surface area contributed by atoms with E-state index in [-0.39, 0.29) is 5.91 Å². The van der Waals surface area contributed by atoms with Crippen LogP contribution >= 0.6 is 0 Å². The summed E-state index contributed by atoms with van der Waals surface area (Å²) < 4.78 is 0. The average Bonchev–Trinajstić information content (AvgIpc) is 3.32. The van der Waals surface area contributed by atoms with Crippen molar-refractivity contribution < 1.29 is 4.79 Å². The molecule has 20 heavy (non-hydrogen) atoms. The Labute approximate surface area is 117 Å². The SMILES string of the molecule is O=C(Nc1ccc(CNC2CC2)cc1)c1ccnnc1. The molecule has 5 nitrogen and oxygen atoms in total. The Kier molecular flexibility index (Phi) is 3.69. The van der Waals surface area contributed by atoms with Crippen molar-refractivity contribution in [2.24, 2.45) is 0 Å². The van der Waals surface area contributed by atoms with Crippen LogP contribution in [-0.2, 0) is 6.54 Å². The molecule has 3 rings (SSSR count). The van der Waals surface area contributed by atoms with E-state index in [1.165, 1.54) is 30.8 Å². The maximum atomic E-state index is 11.9. The van der Waals surface area contributed by atoms with Gasteiger partial charge >= 0.3 is 0 Å². The molecule has 0 atom stereocenters. The quantitative estimate of drug-likeness (QED) is 0.870. The van der Waals surface area contributed by atoms with Gasteiger partial charge in [0.15, 0.2) is 0 Å². The van der Waals surface area contributed by atoms with Crippen molar-refractivity contribution in [3.05, 3.63) is 53.9 Å². The van der Waals surface area contributed by atoms with E-state index in [2.05, 4.69) is 20.8 Å². The van der Waals surface area contributed by atoms with Crippen molar-refractivity contribution >= 4 is 11.6 Å². The van der Waals surface area contributed by atoms with Crippen molar-refractivity contribution in [1.82, 2.24) is 15.5 Å². The first-order chi connectivity index (χ1) is 9.81. The first-order valence-electron chi connectivity index (χ1n) is 6.71. The Balaban J connectivity index is 1.58. The number of benzene rings is 1. The van der Waals surface area contributed by atoms with E-state index in [9.17, 15) is 4.79 Å². The lowest BCUT2D eigenvalue weighted by Gasteiger charge is -2.07. The van der Waals surface area contributed by atoms with Crippen LogP contribution in [0.4, 0.5) is 5.69 Å². The molecular weight excluding hydrogens is 252 g/mol. The van der Waals surface area contributed by atoms with Crippen molar-refractivity contribution in [2.45, 2.75) is 25.4 Å². The van der Waals surface area contributed by atoms with Gasteiger partial charge in [0.2, 0.25) is 0 Å². The zero-order valence-corrected chi connectivity index (χ0v) is 11.0. The van der Waals surface area contributed by atoms with Crippen molar-refractivity contribution in [3.8, 4) is 0 Å². The first kappa shape index (κ1) is 12.7. The molecule has 0 saturated heterocycles. The molecule has 0 spiro atoms. The zero-order chi connectivity index (χ0) is 13.8. The van der Waals surface area contributed by atoms with Crippen LogP contribution < -0.4 is 10.6 Å². The zero-order valence-electron chi connectivity index (χ0n) is 11.0. The summed E-state index contributed by atoms with van der Waals surface area (Å²) in [6.45, 7) is 0.882. The number of amides is 1. The summed E-state index contributed by atoms with van der Waals surface area (Å²) in [4.78, 5) is 11.9. The van der Waals surface area contributed by atoms with Crippen LogP contribution in [0, 0.1) is 0 Å². The lowest BCUT2D eigenvalue weighted by Crippen LogP contribution is -2.15. The highest BCUT2D eigenvalue weighted by Gasteiger charge is 2.19. The van der Waals surface area contributed by atoms with Crippen LogP contribution in [-0.4, -0.2) is 22.1 Å². The van der Waals surface area contributed by atoms with Gasteiger partial charge in [-0.3, -0.25) is 4.79 Å². The molecule has 102 valence electrons. The molecule has 0 aliphatic heterocycles. The van der Waals surface area contributed by atoms with Gasteiger partial charge in [-0.1, -0.05) is 12.1 Å². The number of rotatable bonds is 5. The summed E-state index contributed by atoms with van der Waals surface area (Å²) >= 11 is 0. The average molecular weight is 268 g/mol. The predicted molar refractivity (Wildman–Crippen MR) is 76.3 cm³/mol. The highest BCUT2D eigenvalue weighted by molar-refractivity contribution is 6.03. The molecule has 0 unspecified atom stereocenters. The maximum absolute atomic E-state index is 11.9. The fourth-order valence-corrected chi connectivity index (χ4v) is 1.88. The molecule has 1 amide bonds. The third-order valence-corrected chi connectivity index (χ3v) is 3.23.